The van der Waals surface area contributed by atoms with Gasteiger partial charge >= 0.3 is 0 Å². The van der Waals surface area contributed by atoms with Gasteiger partial charge in [-0.2, -0.15) is 0 Å². The molecule has 2 aromatic rings. The Hall–Kier alpha value is -2.69. The Morgan fingerprint density at radius 2 is 1.68 bits per heavy atom. The Labute approximate surface area is 148 Å². The fourth-order valence-electron chi connectivity index (χ4n) is 2.53. The van der Waals surface area contributed by atoms with Gasteiger partial charge in [0.05, 0.1) is 31.9 Å². The lowest BCUT2D eigenvalue weighted by molar-refractivity contribution is 0.0936. The van der Waals surface area contributed by atoms with E-state index >= 15 is 0 Å². The second-order valence-electron chi connectivity index (χ2n) is 5.47. The minimum atomic E-state index is -0.188. The molecule has 0 saturated carbocycles. The van der Waals surface area contributed by atoms with Crippen molar-refractivity contribution in [2.24, 2.45) is 0 Å². The van der Waals surface area contributed by atoms with Gasteiger partial charge in [-0.15, -0.1) is 0 Å². The minimum Gasteiger partial charge on any atom is -0.496 e. The predicted molar refractivity (Wildman–Crippen MR) is 97.7 cm³/mol. The Balaban J connectivity index is 2.18. The molecule has 0 aliphatic rings. The Morgan fingerprint density at radius 1 is 1.00 bits per heavy atom. The first-order valence-electron chi connectivity index (χ1n) is 8.44. The van der Waals surface area contributed by atoms with Crippen LogP contribution in [0.1, 0.15) is 42.7 Å². The maximum absolute atomic E-state index is 12.5. The molecule has 0 bridgehead atoms. The third-order valence-corrected chi connectivity index (χ3v) is 3.77. The fourth-order valence-corrected chi connectivity index (χ4v) is 2.53. The summed E-state index contributed by atoms with van der Waals surface area (Å²) in [6.07, 6.45) is 0. The normalized spacial score (nSPS) is 11.5. The molecule has 5 heteroatoms. The SMILES string of the molecule is CCOc1ccc([C@H](C)NC(=O)c2ccccc2OC)cc1OCC. The van der Waals surface area contributed by atoms with Crippen LogP contribution in [0.15, 0.2) is 42.5 Å². The Kier molecular flexibility index (Phi) is 6.69. The van der Waals surface area contributed by atoms with Crippen molar-refractivity contribution in [3.05, 3.63) is 53.6 Å². The Morgan fingerprint density at radius 3 is 2.36 bits per heavy atom. The molecule has 1 N–H and O–H groups in total. The summed E-state index contributed by atoms with van der Waals surface area (Å²) >= 11 is 0. The van der Waals surface area contributed by atoms with Crippen molar-refractivity contribution >= 4 is 5.91 Å². The second-order valence-corrected chi connectivity index (χ2v) is 5.47. The quantitative estimate of drug-likeness (QED) is 0.787. The van der Waals surface area contributed by atoms with Crippen molar-refractivity contribution in [1.29, 1.82) is 0 Å². The number of carbonyl (C=O) groups is 1. The van der Waals surface area contributed by atoms with Crippen molar-refractivity contribution in [2.45, 2.75) is 26.8 Å². The number of amides is 1. The molecule has 134 valence electrons. The summed E-state index contributed by atoms with van der Waals surface area (Å²) in [7, 11) is 1.55. The molecule has 0 saturated heterocycles. The van der Waals surface area contributed by atoms with E-state index in [0.717, 1.165) is 5.56 Å². The largest absolute Gasteiger partial charge is 0.496 e. The molecular formula is C20H25NO4. The number of carbonyl (C=O) groups excluding carboxylic acids is 1. The molecule has 5 nitrogen and oxygen atoms in total. The van der Waals surface area contributed by atoms with E-state index in [4.69, 9.17) is 14.2 Å². The molecule has 1 atom stereocenters. The molecule has 0 unspecified atom stereocenters. The van der Waals surface area contributed by atoms with Crippen LogP contribution in [0.3, 0.4) is 0 Å². The third-order valence-electron chi connectivity index (χ3n) is 3.77. The van der Waals surface area contributed by atoms with Crippen LogP contribution in [0.25, 0.3) is 0 Å². The van der Waals surface area contributed by atoms with Gasteiger partial charge in [0.25, 0.3) is 5.91 Å². The van der Waals surface area contributed by atoms with Crippen molar-refractivity contribution in [2.75, 3.05) is 20.3 Å². The van der Waals surface area contributed by atoms with Gasteiger partial charge in [0.2, 0.25) is 0 Å². The summed E-state index contributed by atoms with van der Waals surface area (Å²) in [6.45, 7) is 6.90. The molecule has 25 heavy (non-hydrogen) atoms. The van der Waals surface area contributed by atoms with Crippen LogP contribution in [0.4, 0.5) is 0 Å². The average molecular weight is 343 g/mol. The number of benzene rings is 2. The number of para-hydroxylation sites is 1. The minimum absolute atomic E-state index is 0.184. The van der Waals surface area contributed by atoms with E-state index in [-0.39, 0.29) is 11.9 Å². The third kappa shape index (κ3) is 4.66. The van der Waals surface area contributed by atoms with E-state index in [1.807, 2.05) is 51.1 Å². The number of hydrogen-bond donors (Lipinski definition) is 1. The number of methoxy groups -OCH3 is 1. The van der Waals surface area contributed by atoms with Gasteiger partial charge in [-0.05, 0) is 50.6 Å². The van der Waals surface area contributed by atoms with Crippen molar-refractivity contribution in [3.63, 3.8) is 0 Å². The second kappa shape index (κ2) is 8.97. The highest BCUT2D eigenvalue weighted by molar-refractivity contribution is 5.97. The van der Waals surface area contributed by atoms with E-state index in [1.54, 1.807) is 19.2 Å². The van der Waals surface area contributed by atoms with Gasteiger partial charge in [-0.1, -0.05) is 18.2 Å². The molecule has 0 spiro atoms. The highest BCUT2D eigenvalue weighted by Crippen LogP contribution is 2.31. The first kappa shape index (κ1) is 18.6. The Bertz CT molecular complexity index is 715. The summed E-state index contributed by atoms with van der Waals surface area (Å²) in [4.78, 5) is 12.5. The van der Waals surface area contributed by atoms with Crippen LogP contribution in [0, 0.1) is 0 Å². The van der Waals surface area contributed by atoms with Crippen LogP contribution in [0.2, 0.25) is 0 Å². The summed E-state index contributed by atoms with van der Waals surface area (Å²) < 4.78 is 16.5. The van der Waals surface area contributed by atoms with Crippen molar-refractivity contribution in [1.82, 2.24) is 5.32 Å². The molecule has 0 aromatic heterocycles. The summed E-state index contributed by atoms with van der Waals surface area (Å²) in [5, 5.41) is 2.99. The maximum Gasteiger partial charge on any atom is 0.255 e. The van der Waals surface area contributed by atoms with Crippen LogP contribution < -0.4 is 19.5 Å². The molecule has 2 rings (SSSR count). The lowest BCUT2D eigenvalue weighted by Crippen LogP contribution is -2.27. The van der Waals surface area contributed by atoms with E-state index in [9.17, 15) is 4.79 Å². The molecule has 0 aliphatic heterocycles. The van der Waals surface area contributed by atoms with E-state index < -0.39 is 0 Å². The van der Waals surface area contributed by atoms with Crippen LogP contribution in [0.5, 0.6) is 17.2 Å². The van der Waals surface area contributed by atoms with E-state index in [1.165, 1.54) is 0 Å². The standard InChI is InChI=1S/C20H25NO4/c1-5-24-18-12-11-15(13-19(18)25-6-2)14(3)21-20(22)16-9-7-8-10-17(16)23-4/h7-14H,5-6H2,1-4H3,(H,21,22)/t14-/m0/s1. The van der Waals surface area contributed by atoms with Crippen molar-refractivity contribution in [3.8, 4) is 17.2 Å². The smallest absolute Gasteiger partial charge is 0.255 e. The number of nitrogens with one attached hydrogen (secondary N) is 1. The molecule has 2 aromatic carbocycles. The van der Waals surface area contributed by atoms with Gasteiger partial charge in [0, 0.05) is 0 Å². The number of ether oxygens (including phenoxy) is 3. The fraction of sp³-hybridized carbons (Fsp3) is 0.350. The summed E-state index contributed by atoms with van der Waals surface area (Å²) in [6, 6.07) is 12.7. The zero-order chi connectivity index (χ0) is 18.2. The van der Waals surface area contributed by atoms with Crippen molar-refractivity contribution < 1.29 is 19.0 Å². The lowest BCUT2D eigenvalue weighted by Gasteiger charge is -2.18. The first-order valence-corrected chi connectivity index (χ1v) is 8.44. The molecule has 0 heterocycles. The lowest BCUT2D eigenvalue weighted by atomic mass is 10.1. The molecule has 1 amide bonds. The van der Waals surface area contributed by atoms with Gasteiger partial charge < -0.3 is 19.5 Å². The molecule has 0 fully saturated rings. The summed E-state index contributed by atoms with van der Waals surface area (Å²) in [5.41, 5.74) is 1.45. The monoisotopic (exact) mass is 343 g/mol. The average Bonchev–Trinajstić information content (AvgIpc) is 2.63. The van der Waals surface area contributed by atoms with Crippen LogP contribution in [-0.4, -0.2) is 26.2 Å². The molecular weight excluding hydrogens is 318 g/mol. The van der Waals surface area contributed by atoms with E-state index in [0.29, 0.717) is 36.0 Å². The molecule has 0 radical (unpaired) electrons. The molecule has 0 aliphatic carbocycles. The maximum atomic E-state index is 12.5. The predicted octanol–water partition coefficient (Wildman–Crippen LogP) is 3.98. The zero-order valence-electron chi connectivity index (χ0n) is 15.2. The van der Waals surface area contributed by atoms with Gasteiger partial charge in [-0.25, -0.2) is 0 Å². The van der Waals surface area contributed by atoms with Crippen LogP contribution in [-0.2, 0) is 0 Å². The van der Waals surface area contributed by atoms with E-state index in [2.05, 4.69) is 5.32 Å². The van der Waals surface area contributed by atoms with Gasteiger partial charge in [0.15, 0.2) is 11.5 Å². The van der Waals surface area contributed by atoms with Gasteiger partial charge in [0.1, 0.15) is 5.75 Å². The topological polar surface area (TPSA) is 56.8 Å². The first-order chi connectivity index (χ1) is 12.1. The number of hydrogen-bond acceptors (Lipinski definition) is 4. The summed E-state index contributed by atoms with van der Waals surface area (Å²) in [5.74, 6) is 1.75. The van der Waals surface area contributed by atoms with Gasteiger partial charge in [-0.3, -0.25) is 4.79 Å². The van der Waals surface area contributed by atoms with Crippen LogP contribution >= 0.6 is 0 Å². The zero-order valence-corrected chi connectivity index (χ0v) is 15.2. The highest BCUT2D eigenvalue weighted by atomic mass is 16.5. The highest BCUT2D eigenvalue weighted by Gasteiger charge is 2.16. The number of rotatable bonds is 8.